The van der Waals surface area contributed by atoms with E-state index < -0.39 is 10.0 Å². The van der Waals surface area contributed by atoms with Crippen molar-refractivity contribution in [1.29, 1.82) is 0 Å². The lowest BCUT2D eigenvalue weighted by Crippen LogP contribution is -2.36. The molecule has 1 saturated heterocycles. The van der Waals surface area contributed by atoms with Crippen LogP contribution in [0.3, 0.4) is 0 Å². The van der Waals surface area contributed by atoms with Gasteiger partial charge in [-0.15, -0.1) is 0 Å². The summed E-state index contributed by atoms with van der Waals surface area (Å²) in [6.45, 7) is 3.23. The second-order valence-corrected chi connectivity index (χ2v) is 6.22. The molecule has 1 fully saturated rings. The summed E-state index contributed by atoms with van der Waals surface area (Å²) in [6.07, 6.45) is 3.34. The fraction of sp³-hybridized carbons (Fsp3) is 0.545. The lowest BCUT2D eigenvalue weighted by molar-refractivity contribution is 0.0752. The van der Waals surface area contributed by atoms with E-state index in [0.29, 0.717) is 26.1 Å². The van der Waals surface area contributed by atoms with Gasteiger partial charge in [-0.2, -0.15) is 4.31 Å². The normalized spacial score (nSPS) is 22.6. The number of nitrogen functional groups attached to an aromatic ring is 1. The molecule has 2 heterocycles. The van der Waals surface area contributed by atoms with Gasteiger partial charge in [-0.3, -0.25) is 4.98 Å². The van der Waals surface area contributed by atoms with Gasteiger partial charge in [0, 0.05) is 32.1 Å². The zero-order valence-corrected chi connectivity index (χ0v) is 11.1. The first kappa shape index (κ1) is 13.3. The molecule has 0 spiro atoms. The molecule has 0 bridgehead atoms. The van der Waals surface area contributed by atoms with Crippen molar-refractivity contribution < 1.29 is 13.2 Å². The predicted octanol–water partition coefficient (Wildman–Crippen LogP) is 0.463. The number of sulfonamides is 1. The second kappa shape index (κ2) is 5.21. The lowest BCUT2D eigenvalue weighted by atomic mass is 10.4. The molecule has 1 atom stereocenters. The highest BCUT2D eigenvalue weighted by atomic mass is 32.2. The Morgan fingerprint density at radius 2 is 2.33 bits per heavy atom. The summed E-state index contributed by atoms with van der Waals surface area (Å²) in [7, 11) is -3.58. The molecule has 1 aliphatic heterocycles. The largest absolute Gasteiger partial charge is 0.398 e. The van der Waals surface area contributed by atoms with Crippen LogP contribution in [0.1, 0.15) is 13.3 Å². The fourth-order valence-electron chi connectivity index (χ4n) is 1.92. The standard InChI is InChI=1S/C11H17N3O3S/c1-9-8-14(5-2-6-17-9)18(15,16)11-7-13-4-3-10(11)12/h3-4,7,9H,2,5-6,8H2,1H3,(H2,12,13). The fourth-order valence-corrected chi connectivity index (χ4v) is 3.53. The first-order valence-electron chi connectivity index (χ1n) is 5.83. The van der Waals surface area contributed by atoms with E-state index in [0.717, 1.165) is 0 Å². The molecule has 6 nitrogen and oxygen atoms in total. The maximum absolute atomic E-state index is 12.5. The summed E-state index contributed by atoms with van der Waals surface area (Å²) in [5.41, 5.74) is 5.93. The topological polar surface area (TPSA) is 85.5 Å². The average molecular weight is 271 g/mol. The molecule has 18 heavy (non-hydrogen) atoms. The molecule has 7 heteroatoms. The van der Waals surface area contributed by atoms with E-state index in [9.17, 15) is 8.42 Å². The molecule has 0 amide bonds. The molecule has 1 aromatic heterocycles. The smallest absolute Gasteiger partial charge is 0.246 e. The number of rotatable bonds is 2. The Morgan fingerprint density at radius 3 is 3.06 bits per heavy atom. The van der Waals surface area contributed by atoms with Crippen molar-refractivity contribution in [2.24, 2.45) is 0 Å². The minimum absolute atomic E-state index is 0.0686. The average Bonchev–Trinajstić information content (AvgIpc) is 2.54. The highest BCUT2D eigenvalue weighted by Gasteiger charge is 2.29. The summed E-state index contributed by atoms with van der Waals surface area (Å²) in [4.78, 5) is 3.90. The van der Waals surface area contributed by atoms with Gasteiger partial charge in [0.1, 0.15) is 4.90 Å². The minimum Gasteiger partial charge on any atom is -0.398 e. The zero-order chi connectivity index (χ0) is 13.2. The SMILES string of the molecule is CC1CN(S(=O)(=O)c2cnccc2N)CCCO1. The van der Waals surface area contributed by atoms with Crippen molar-refractivity contribution in [1.82, 2.24) is 9.29 Å². The highest BCUT2D eigenvalue weighted by Crippen LogP contribution is 2.22. The van der Waals surface area contributed by atoms with Gasteiger partial charge < -0.3 is 10.5 Å². The third kappa shape index (κ3) is 2.63. The maximum atomic E-state index is 12.5. The Kier molecular flexibility index (Phi) is 3.84. The molecule has 0 aliphatic carbocycles. The Morgan fingerprint density at radius 1 is 1.56 bits per heavy atom. The number of nitrogens with two attached hydrogens (primary N) is 1. The Labute approximate surface area is 107 Å². The van der Waals surface area contributed by atoms with E-state index in [-0.39, 0.29) is 16.7 Å². The third-order valence-corrected chi connectivity index (χ3v) is 4.76. The van der Waals surface area contributed by atoms with Crippen LogP contribution in [-0.2, 0) is 14.8 Å². The molecule has 1 unspecified atom stereocenters. The molecular weight excluding hydrogens is 254 g/mol. The van der Waals surface area contributed by atoms with Crippen LogP contribution < -0.4 is 5.73 Å². The number of pyridine rings is 1. The zero-order valence-electron chi connectivity index (χ0n) is 10.2. The van der Waals surface area contributed by atoms with Gasteiger partial charge >= 0.3 is 0 Å². The van der Waals surface area contributed by atoms with Crippen LogP contribution >= 0.6 is 0 Å². The monoisotopic (exact) mass is 271 g/mol. The van der Waals surface area contributed by atoms with E-state index in [4.69, 9.17) is 10.5 Å². The van der Waals surface area contributed by atoms with Crippen LogP contribution in [0.25, 0.3) is 0 Å². The van der Waals surface area contributed by atoms with E-state index in [1.54, 1.807) is 0 Å². The van der Waals surface area contributed by atoms with Crippen molar-refractivity contribution >= 4 is 15.7 Å². The van der Waals surface area contributed by atoms with E-state index >= 15 is 0 Å². The molecular formula is C11H17N3O3S. The van der Waals surface area contributed by atoms with Crippen molar-refractivity contribution in [3.63, 3.8) is 0 Å². The molecule has 0 radical (unpaired) electrons. The van der Waals surface area contributed by atoms with Gasteiger partial charge in [-0.25, -0.2) is 8.42 Å². The molecule has 2 rings (SSSR count). The van der Waals surface area contributed by atoms with Crippen LogP contribution in [0.5, 0.6) is 0 Å². The number of anilines is 1. The Bertz CT molecular complexity index is 518. The van der Waals surface area contributed by atoms with Crippen molar-refractivity contribution in [3.05, 3.63) is 18.5 Å². The Balaban J connectivity index is 2.33. The van der Waals surface area contributed by atoms with Gasteiger partial charge in [0.2, 0.25) is 10.0 Å². The highest BCUT2D eigenvalue weighted by molar-refractivity contribution is 7.89. The van der Waals surface area contributed by atoms with Crippen LogP contribution in [0.15, 0.2) is 23.4 Å². The summed E-state index contributed by atoms with van der Waals surface area (Å²) in [5, 5.41) is 0. The predicted molar refractivity (Wildman–Crippen MR) is 67.4 cm³/mol. The van der Waals surface area contributed by atoms with Crippen LogP contribution in [0.2, 0.25) is 0 Å². The van der Waals surface area contributed by atoms with Crippen LogP contribution in [0, 0.1) is 0 Å². The number of aromatic nitrogens is 1. The van der Waals surface area contributed by atoms with Gasteiger partial charge in [-0.05, 0) is 19.4 Å². The second-order valence-electron chi connectivity index (χ2n) is 4.31. The molecule has 0 saturated carbocycles. The first-order chi connectivity index (χ1) is 8.51. The number of hydrogen-bond acceptors (Lipinski definition) is 5. The summed E-state index contributed by atoms with van der Waals surface area (Å²) >= 11 is 0. The van der Waals surface area contributed by atoms with Crippen LogP contribution in [0.4, 0.5) is 5.69 Å². The molecule has 1 aromatic rings. The number of nitrogens with zero attached hydrogens (tertiary/aromatic N) is 2. The third-order valence-electron chi connectivity index (χ3n) is 2.85. The molecule has 0 aromatic carbocycles. The molecule has 2 N–H and O–H groups in total. The maximum Gasteiger partial charge on any atom is 0.246 e. The van der Waals surface area contributed by atoms with Crippen molar-refractivity contribution in [2.75, 3.05) is 25.4 Å². The van der Waals surface area contributed by atoms with E-state index in [1.807, 2.05) is 6.92 Å². The van der Waals surface area contributed by atoms with E-state index in [1.165, 1.54) is 22.8 Å². The van der Waals surface area contributed by atoms with Gasteiger partial charge in [0.15, 0.2) is 0 Å². The first-order valence-corrected chi connectivity index (χ1v) is 7.27. The molecule has 1 aliphatic rings. The summed E-state index contributed by atoms with van der Waals surface area (Å²) in [6, 6.07) is 1.49. The minimum atomic E-state index is -3.58. The quantitative estimate of drug-likeness (QED) is 0.844. The van der Waals surface area contributed by atoms with Crippen molar-refractivity contribution in [3.8, 4) is 0 Å². The van der Waals surface area contributed by atoms with Crippen LogP contribution in [-0.4, -0.2) is 43.5 Å². The summed E-state index contributed by atoms with van der Waals surface area (Å²) < 4.78 is 31.8. The summed E-state index contributed by atoms with van der Waals surface area (Å²) in [5.74, 6) is 0. The van der Waals surface area contributed by atoms with Gasteiger partial charge in [0.05, 0.1) is 11.8 Å². The number of ether oxygens (including phenoxy) is 1. The Hall–Kier alpha value is -1.18. The van der Waals surface area contributed by atoms with E-state index in [2.05, 4.69) is 4.98 Å². The van der Waals surface area contributed by atoms with Crippen molar-refractivity contribution in [2.45, 2.75) is 24.3 Å². The number of hydrogen-bond donors (Lipinski definition) is 1. The molecule has 100 valence electrons. The van der Waals surface area contributed by atoms with Gasteiger partial charge in [0.25, 0.3) is 0 Å². The van der Waals surface area contributed by atoms with Gasteiger partial charge in [-0.1, -0.05) is 0 Å². The lowest BCUT2D eigenvalue weighted by Gasteiger charge is -2.22.